The van der Waals surface area contributed by atoms with Gasteiger partial charge in [-0.15, -0.1) is 0 Å². The predicted octanol–water partition coefficient (Wildman–Crippen LogP) is 3.01. The first-order valence-corrected chi connectivity index (χ1v) is 7.06. The fourth-order valence-corrected chi connectivity index (χ4v) is 2.10. The number of amides is 2. The van der Waals surface area contributed by atoms with Gasteiger partial charge in [-0.3, -0.25) is 0 Å². The average molecular weight is 292 g/mol. The number of benzene rings is 1. The molecule has 0 saturated heterocycles. The molecule has 116 valence electrons. The van der Waals surface area contributed by atoms with Crippen LogP contribution in [0.15, 0.2) is 18.2 Å². The lowest BCUT2D eigenvalue weighted by Gasteiger charge is -2.19. The number of hydrogen-bond acceptors (Lipinski definition) is 3. The molecule has 1 aromatic carbocycles. The number of hydrogen-bond donors (Lipinski definition) is 2. The van der Waals surface area contributed by atoms with E-state index < -0.39 is 18.0 Å². The molecule has 0 aromatic heterocycles. The first kappa shape index (κ1) is 17.0. The molecule has 0 heterocycles. The molecule has 0 bridgehead atoms. The van der Waals surface area contributed by atoms with Crippen LogP contribution in [0.1, 0.15) is 31.4 Å². The van der Waals surface area contributed by atoms with Crippen molar-refractivity contribution in [3.63, 3.8) is 0 Å². The SMILES string of the molecule is COC(=O)C(CC(C)C)NC(=O)Nc1ccc(C)cc1C. The van der Waals surface area contributed by atoms with Gasteiger partial charge >= 0.3 is 12.0 Å². The third-order valence-electron chi connectivity index (χ3n) is 3.13. The molecule has 2 amide bonds. The van der Waals surface area contributed by atoms with E-state index in [2.05, 4.69) is 10.6 Å². The Labute approximate surface area is 126 Å². The van der Waals surface area contributed by atoms with Crippen LogP contribution in [0.5, 0.6) is 0 Å². The van der Waals surface area contributed by atoms with Crippen LogP contribution in [-0.2, 0) is 9.53 Å². The second-order valence-electron chi connectivity index (χ2n) is 5.62. The highest BCUT2D eigenvalue weighted by atomic mass is 16.5. The summed E-state index contributed by atoms with van der Waals surface area (Å²) >= 11 is 0. The molecule has 1 atom stereocenters. The van der Waals surface area contributed by atoms with Gasteiger partial charge in [-0.05, 0) is 37.8 Å². The van der Waals surface area contributed by atoms with Crippen LogP contribution in [-0.4, -0.2) is 25.2 Å². The lowest BCUT2D eigenvalue weighted by Crippen LogP contribution is -2.44. The van der Waals surface area contributed by atoms with Crippen LogP contribution in [0.3, 0.4) is 0 Å². The predicted molar refractivity (Wildman–Crippen MR) is 83.3 cm³/mol. The first-order valence-electron chi connectivity index (χ1n) is 7.06. The number of urea groups is 1. The van der Waals surface area contributed by atoms with Crippen molar-refractivity contribution >= 4 is 17.7 Å². The Balaban J connectivity index is 2.71. The fraction of sp³-hybridized carbons (Fsp3) is 0.500. The number of carbonyl (C=O) groups excluding carboxylic acids is 2. The van der Waals surface area contributed by atoms with E-state index in [-0.39, 0.29) is 5.92 Å². The van der Waals surface area contributed by atoms with Gasteiger partial charge in [0.05, 0.1) is 7.11 Å². The molecule has 21 heavy (non-hydrogen) atoms. The van der Waals surface area contributed by atoms with Crippen molar-refractivity contribution in [3.8, 4) is 0 Å². The highest BCUT2D eigenvalue weighted by Gasteiger charge is 2.22. The lowest BCUT2D eigenvalue weighted by molar-refractivity contribution is -0.143. The lowest BCUT2D eigenvalue weighted by atomic mass is 10.0. The van der Waals surface area contributed by atoms with Gasteiger partial charge in [0.15, 0.2) is 0 Å². The highest BCUT2D eigenvalue weighted by Crippen LogP contribution is 2.16. The van der Waals surface area contributed by atoms with Crippen molar-refractivity contribution in [1.82, 2.24) is 5.32 Å². The largest absolute Gasteiger partial charge is 0.467 e. The summed E-state index contributed by atoms with van der Waals surface area (Å²) in [7, 11) is 1.32. The van der Waals surface area contributed by atoms with E-state index in [4.69, 9.17) is 4.74 Å². The number of methoxy groups -OCH3 is 1. The summed E-state index contributed by atoms with van der Waals surface area (Å²) in [5, 5.41) is 5.43. The molecule has 1 aromatic rings. The fourth-order valence-electron chi connectivity index (χ4n) is 2.10. The van der Waals surface area contributed by atoms with Crippen LogP contribution in [0.2, 0.25) is 0 Å². The van der Waals surface area contributed by atoms with Gasteiger partial charge in [-0.25, -0.2) is 9.59 Å². The van der Waals surface area contributed by atoms with Crippen molar-refractivity contribution in [2.75, 3.05) is 12.4 Å². The Hall–Kier alpha value is -2.04. The number of aryl methyl sites for hydroxylation is 2. The molecule has 0 saturated carbocycles. The topological polar surface area (TPSA) is 67.4 Å². The number of ether oxygens (including phenoxy) is 1. The minimum Gasteiger partial charge on any atom is -0.467 e. The molecule has 0 aliphatic rings. The Morgan fingerprint density at radius 2 is 1.90 bits per heavy atom. The second-order valence-corrected chi connectivity index (χ2v) is 5.62. The monoisotopic (exact) mass is 292 g/mol. The van der Waals surface area contributed by atoms with Crippen LogP contribution in [0.4, 0.5) is 10.5 Å². The molecule has 0 aliphatic heterocycles. The van der Waals surface area contributed by atoms with E-state index >= 15 is 0 Å². The molecule has 0 fully saturated rings. The molecule has 1 rings (SSSR count). The number of carbonyl (C=O) groups is 2. The maximum atomic E-state index is 12.0. The van der Waals surface area contributed by atoms with Gasteiger partial charge in [-0.2, -0.15) is 0 Å². The molecular weight excluding hydrogens is 268 g/mol. The van der Waals surface area contributed by atoms with E-state index in [1.54, 1.807) is 0 Å². The van der Waals surface area contributed by atoms with E-state index in [0.717, 1.165) is 16.8 Å². The first-order chi connectivity index (χ1) is 9.83. The number of nitrogens with one attached hydrogen (secondary N) is 2. The Morgan fingerprint density at radius 1 is 1.24 bits per heavy atom. The van der Waals surface area contributed by atoms with Gasteiger partial charge in [0.1, 0.15) is 6.04 Å². The van der Waals surface area contributed by atoms with E-state index in [9.17, 15) is 9.59 Å². The van der Waals surface area contributed by atoms with Crippen LogP contribution < -0.4 is 10.6 Å². The zero-order valence-electron chi connectivity index (χ0n) is 13.3. The quantitative estimate of drug-likeness (QED) is 0.820. The smallest absolute Gasteiger partial charge is 0.328 e. The van der Waals surface area contributed by atoms with Gasteiger partial charge in [0, 0.05) is 5.69 Å². The van der Waals surface area contributed by atoms with Crippen LogP contribution in [0.25, 0.3) is 0 Å². The molecule has 0 spiro atoms. The van der Waals surface area contributed by atoms with Gasteiger partial charge in [-0.1, -0.05) is 31.5 Å². The summed E-state index contributed by atoms with van der Waals surface area (Å²) in [6, 6.07) is 4.72. The molecule has 5 nitrogen and oxygen atoms in total. The molecule has 1 unspecified atom stereocenters. The maximum Gasteiger partial charge on any atom is 0.328 e. The van der Waals surface area contributed by atoms with E-state index in [1.165, 1.54) is 7.11 Å². The summed E-state index contributed by atoms with van der Waals surface area (Å²) in [6.07, 6.45) is 0.535. The third-order valence-corrected chi connectivity index (χ3v) is 3.13. The number of rotatable bonds is 5. The molecule has 5 heteroatoms. The summed E-state index contributed by atoms with van der Waals surface area (Å²) in [4.78, 5) is 23.7. The van der Waals surface area contributed by atoms with Crippen molar-refractivity contribution in [2.24, 2.45) is 5.92 Å². The van der Waals surface area contributed by atoms with E-state index in [0.29, 0.717) is 6.42 Å². The van der Waals surface area contributed by atoms with Crippen LogP contribution >= 0.6 is 0 Å². The van der Waals surface area contributed by atoms with Gasteiger partial charge in [0.25, 0.3) is 0 Å². The zero-order chi connectivity index (χ0) is 16.0. The Bertz CT molecular complexity index is 512. The second kappa shape index (κ2) is 7.67. The third kappa shape index (κ3) is 5.45. The van der Waals surface area contributed by atoms with Crippen molar-refractivity contribution < 1.29 is 14.3 Å². The molecular formula is C16H24N2O3. The minimum atomic E-state index is -0.638. The summed E-state index contributed by atoms with van der Waals surface area (Å²) in [6.45, 7) is 7.89. The Morgan fingerprint density at radius 3 is 2.43 bits per heavy atom. The van der Waals surface area contributed by atoms with Crippen molar-refractivity contribution in [2.45, 2.75) is 40.2 Å². The van der Waals surface area contributed by atoms with Crippen LogP contribution in [0, 0.1) is 19.8 Å². The normalized spacial score (nSPS) is 11.9. The zero-order valence-corrected chi connectivity index (χ0v) is 13.3. The summed E-state index contributed by atoms with van der Waals surface area (Å²) in [5.74, 6) is -0.157. The molecule has 2 N–H and O–H groups in total. The molecule has 0 aliphatic carbocycles. The molecule has 0 radical (unpaired) electrons. The number of anilines is 1. The number of esters is 1. The Kier molecular flexibility index (Phi) is 6.21. The average Bonchev–Trinajstić information content (AvgIpc) is 2.39. The van der Waals surface area contributed by atoms with Crippen molar-refractivity contribution in [1.29, 1.82) is 0 Å². The van der Waals surface area contributed by atoms with Crippen molar-refractivity contribution in [3.05, 3.63) is 29.3 Å². The maximum absolute atomic E-state index is 12.0. The highest BCUT2D eigenvalue weighted by molar-refractivity contribution is 5.93. The minimum absolute atomic E-state index is 0.274. The summed E-state index contributed by atoms with van der Waals surface area (Å²) < 4.78 is 4.72. The standard InChI is InChI=1S/C16H24N2O3/c1-10(2)8-14(15(19)21-5)18-16(20)17-13-7-6-11(3)9-12(13)4/h6-7,9-10,14H,8H2,1-5H3,(H2,17,18,20). The van der Waals surface area contributed by atoms with Gasteiger partial charge < -0.3 is 15.4 Å². The summed E-state index contributed by atoms with van der Waals surface area (Å²) in [5.41, 5.74) is 2.83. The van der Waals surface area contributed by atoms with Gasteiger partial charge in [0.2, 0.25) is 0 Å². The van der Waals surface area contributed by atoms with E-state index in [1.807, 2.05) is 45.9 Å².